The van der Waals surface area contributed by atoms with Crippen LogP contribution in [-0.4, -0.2) is 20.6 Å². The van der Waals surface area contributed by atoms with Gasteiger partial charge in [-0.05, 0) is 0 Å². The van der Waals surface area contributed by atoms with Crippen LogP contribution >= 0.6 is 5.51 Å². The van der Waals surface area contributed by atoms with Crippen molar-refractivity contribution in [1.82, 2.24) is 0 Å². The van der Waals surface area contributed by atoms with Crippen molar-refractivity contribution in [3.8, 4) is 0 Å². The van der Waals surface area contributed by atoms with Gasteiger partial charge in [0, 0.05) is 0 Å². The molecule has 2 N–H and O–H groups in total. The summed E-state index contributed by atoms with van der Waals surface area (Å²) in [6, 6.07) is 32.3. The van der Waals surface area contributed by atoms with Gasteiger partial charge >= 0.3 is 128 Å². The fraction of sp³-hybridized carbons (Fsp3) is 0. The van der Waals surface area contributed by atoms with E-state index in [2.05, 4.69) is 106 Å². The van der Waals surface area contributed by atoms with E-state index in [1.807, 2.05) is 0 Å². The molecule has 0 amide bonds. The molecule has 3 aromatic rings. The molecular formula is C18H17OPSe. The Balaban J connectivity index is 0.00000161. The molecule has 0 radical (unpaired) electrons. The van der Waals surface area contributed by atoms with E-state index >= 15 is 0 Å². The minimum absolute atomic E-state index is 0. The first kappa shape index (κ1) is 15.9. The Morgan fingerprint density at radius 3 is 0.952 bits per heavy atom. The maximum atomic E-state index is 3.55. The molecule has 3 heteroatoms. The van der Waals surface area contributed by atoms with Gasteiger partial charge in [-0.3, -0.25) is 0 Å². The van der Waals surface area contributed by atoms with Crippen LogP contribution < -0.4 is 15.9 Å². The van der Waals surface area contributed by atoms with E-state index in [0.29, 0.717) is 0 Å². The normalized spacial score (nSPS) is 10.7. The summed E-state index contributed by atoms with van der Waals surface area (Å²) in [5, 5.41) is 4.12. The van der Waals surface area contributed by atoms with Gasteiger partial charge in [-0.2, -0.15) is 0 Å². The third-order valence-electron chi connectivity index (χ3n) is 3.36. The zero-order valence-corrected chi connectivity index (χ0v) is 14.1. The summed E-state index contributed by atoms with van der Waals surface area (Å²) < 4.78 is 0. The zero-order valence-electron chi connectivity index (χ0n) is 11.5. The fourth-order valence-electron chi connectivity index (χ4n) is 2.36. The summed E-state index contributed by atoms with van der Waals surface area (Å²) >= 11 is 3.55. The van der Waals surface area contributed by atoms with Crippen LogP contribution in [0.5, 0.6) is 0 Å². The average Bonchev–Trinajstić information content (AvgIpc) is 2.56. The molecule has 0 bridgehead atoms. The Hall–Kier alpha value is -1.43. The Morgan fingerprint density at radius 1 is 0.476 bits per heavy atom. The first-order chi connectivity index (χ1) is 9.82. The van der Waals surface area contributed by atoms with Crippen LogP contribution in [0.15, 0.2) is 91.0 Å². The quantitative estimate of drug-likeness (QED) is 0.508. The van der Waals surface area contributed by atoms with Gasteiger partial charge in [-0.1, -0.05) is 0 Å². The van der Waals surface area contributed by atoms with E-state index in [4.69, 9.17) is 0 Å². The van der Waals surface area contributed by atoms with E-state index in [-0.39, 0.29) is 5.48 Å². The Bertz CT molecular complexity index is 624. The van der Waals surface area contributed by atoms with Crippen molar-refractivity contribution < 1.29 is 5.48 Å². The summed E-state index contributed by atoms with van der Waals surface area (Å²) in [7, 11) is 0. The van der Waals surface area contributed by atoms with Crippen LogP contribution in [0.25, 0.3) is 0 Å². The number of benzene rings is 3. The molecule has 0 aromatic heterocycles. The monoisotopic (exact) mass is 360 g/mol. The molecule has 0 spiro atoms. The predicted octanol–water partition coefficient (Wildman–Crippen LogP) is 2.24. The molecular weight excluding hydrogens is 342 g/mol. The summed E-state index contributed by atoms with van der Waals surface area (Å²) in [4.78, 5) is 0. The molecule has 0 aliphatic heterocycles. The van der Waals surface area contributed by atoms with Crippen molar-refractivity contribution in [3.05, 3.63) is 91.0 Å². The fourth-order valence-corrected chi connectivity index (χ4v) is 7.33. The molecule has 0 fully saturated rings. The maximum absolute atomic E-state index is 3.55. The topological polar surface area (TPSA) is 31.5 Å². The summed E-state index contributed by atoms with van der Waals surface area (Å²) in [5.41, 5.74) is -1.65. The molecule has 3 aromatic carbocycles. The predicted molar refractivity (Wildman–Crippen MR) is 94.5 cm³/mol. The van der Waals surface area contributed by atoms with Gasteiger partial charge in [0.1, 0.15) is 0 Å². The molecule has 0 aliphatic rings. The van der Waals surface area contributed by atoms with Crippen LogP contribution in [0.3, 0.4) is 0 Å². The zero-order chi connectivity index (χ0) is 13.8. The van der Waals surface area contributed by atoms with E-state index in [1.165, 1.54) is 15.9 Å². The summed E-state index contributed by atoms with van der Waals surface area (Å²) in [6.07, 6.45) is 0. The van der Waals surface area contributed by atoms with Crippen LogP contribution in [0.1, 0.15) is 0 Å². The Kier molecular flexibility index (Phi) is 5.33. The van der Waals surface area contributed by atoms with Gasteiger partial charge in [0.05, 0.1) is 0 Å². The number of hydrogen-bond acceptors (Lipinski definition) is 0. The van der Waals surface area contributed by atoms with Gasteiger partial charge in [0.15, 0.2) is 0 Å². The minimum atomic E-state index is -1.65. The molecule has 21 heavy (non-hydrogen) atoms. The van der Waals surface area contributed by atoms with E-state index < -0.39 is 5.51 Å². The van der Waals surface area contributed by atoms with Crippen molar-refractivity contribution in [2.75, 3.05) is 0 Å². The molecule has 0 unspecified atom stereocenters. The SMILES string of the molecule is O.[Se]=P(c1ccccc1)(c1ccccc1)c1ccccc1. The third kappa shape index (κ3) is 3.10. The first-order valence-electron chi connectivity index (χ1n) is 6.59. The second kappa shape index (κ2) is 7.02. The van der Waals surface area contributed by atoms with Gasteiger partial charge in [0.25, 0.3) is 0 Å². The molecule has 0 heterocycles. The average molecular weight is 359 g/mol. The summed E-state index contributed by atoms with van der Waals surface area (Å²) in [5.74, 6) is 0. The second-order valence-electron chi connectivity index (χ2n) is 4.62. The first-order valence-corrected chi connectivity index (χ1v) is 10.6. The standard InChI is InChI=1S/C18H15PSe.H2O/c20-19(16-10-4-1-5-11-16,17-12-6-2-7-13-17)18-14-8-3-9-15-18;/h1-15H;1H2. The number of rotatable bonds is 3. The molecule has 0 aliphatic carbocycles. The third-order valence-corrected chi connectivity index (χ3v) is 10.4. The van der Waals surface area contributed by atoms with E-state index in [1.54, 1.807) is 0 Å². The number of hydrogen-bond donors (Lipinski definition) is 0. The van der Waals surface area contributed by atoms with Gasteiger partial charge in [-0.25, -0.2) is 0 Å². The molecule has 0 saturated heterocycles. The van der Waals surface area contributed by atoms with Crippen molar-refractivity contribution in [2.24, 2.45) is 0 Å². The molecule has 0 atom stereocenters. The Morgan fingerprint density at radius 2 is 0.714 bits per heavy atom. The van der Waals surface area contributed by atoms with Crippen molar-refractivity contribution in [2.45, 2.75) is 0 Å². The Labute approximate surface area is 133 Å². The van der Waals surface area contributed by atoms with Crippen LogP contribution in [0.2, 0.25) is 0 Å². The van der Waals surface area contributed by atoms with Crippen molar-refractivity contribution in [3.63, 3.8) is 0 Å². The van der Waals surface area contributed by atoms with Gasteiger partial charge in [0.2, 0.25) is 0 Å². The molecule has 1 nitrogen and oxygen atoms in total. The molecule has 0 saturated carbocycles. The van der Waals surface area contributed by atoms with Crippen LogP contribution in [0.4, 0.5) is 0 Å². The van der Waals surface area contributed by atoms with Gasteiger partial charge in [-0.15, -0.1) is 0 Å². The summed E-state index contributed by atoms with van der Waals surface area (Å²) in [6.45, 7) is 0. The van der Waals surface area contributed by atoms with Crippen LogP contribution in [-0.2, 0) is 0 Å². The van der Waals surface area contributed by atoms with Crippen molar-refractivity contribution >= 4 is 36.5 Å². The van der Waals surface area contributed by atoms with Crippen LogP contribution in [0, 0.1) is 0 Å². The molecule has 3 rings (SSSR count). The van der Waals surface area contributed by atoms with E-state index in [0.717, 1.165) is 0 Å². The van der Waals surface area contributed by atoms with E-state index in [9.17, 15) is 0 Å². The molecule has 106 valence electrons. The second-order valence-corrected chi connectivity index (χ2v) is 10.8. The van der Waals surface area contributed by atoms with Crippen molar-refractivity contribution in [1.29, 1.82) is 0 Å². The van der Waals surface area contributed by atoms with Gasteiger partial charge < -0.3 is 5.48 Å².